The number of halogens is 3. The molecule has 0 heterocycles. The number of hydrogen-bond donors (Lipinski definition) is 0. The summed E-state index contributed by atoms with van der Waals surface area (Å²) in [7, 11) is 0. The summed E-state index contributed by atoms with van der Waals surface area (Å²) < 4.78 is 36.7. The molecular formula is C10H11F3. The van der Waals surface area contributed by atoms with Gasteiger partial charge >= 0.3 is 6.18 Å². The van der Waals surface area contributed by atoms with Gasteiger partial charge in [-0.1, -0.05) is 13.0 Å². The summed E-state index contributed by atoms with van der Waals surface area (Å²) in [6.07, 6.45) is -3.59. The van der Waals surface area contributed by atoms with Gasteiger partial charge in [-0.15, -0.1) is 0 Å². The van der Waals surface area contributed by atoms with E-state index in [1.165, 1.54) is 12.1 Å². The van der Waals surface area contributed by atoms with Crippen LogP contribution in [0.1, 0.15) is 23.6 Å². The van der Waals surface area contributed by atoms with Crippen molar-refractivity contribution in [2.75, 3.05) is 0 Å². The van der Waals surface area contributed by atoms with E-state index >= 15 is 0 Å². The van der Waals surface area contributed by atoms with Crippen LogP contribution in [-0.4, -0.2) is 0 Å². The first-order valence-electron chi connectivity index (χ1n) is 4.12. The van der Waals surface area contributed by atoms with Crippen LogP contribution in [0.4, 0.5) is 13.2 Å². The summed E-state index contributed by atoms with van der Waals surface area (Å²) in [6.45, 7) is 3.67. The highest BCUT2D eigenvalue weighted by molar-refractivity contribution is 5.32. The fourth-order valence-electron chi connectivity index (χ4n) is 1.23. The zero-order chi connectivity index (χ0) is 10.1. The van der Waals surface area contributed by atoms with Crippen molar-refractivity contribution in [3.05, 3.63) is 34.9 Å². The molecule has 0 amide bonds. The van der Waals surface area contributed by atoms with E-state index < -0.39 is 11.7 Å². The lowest BCUT2D eigenvalue weighted by atomic mass is 10.0. The van der Waals surface area contributed by atoms with Gasteiger partial charge in [0.05, 0.1) is 5.56 Å². The van der Waals surface area contributed by atoms with Gasteiger partial charge in [0, 0.05) is 0 Å². The van der Waals surface area contributed by atoms with E-state index in [0.29, 0.717) is 6.42 Å². The predicted octanol–water partition coefficient (Wildman–Crippen LogP) is 3.58. The molecule has 0 aromatic heterocycles. The minimum atomic E-state index is -4.22. The molecule has 3 heteroatoms. The Bertz CT molecular complexity index is 300. The standard InChI is InChI=1S/C10H11F3/c1-3-8-6-9(10(11,12)13)5-4-7(8)2/h4-6H,3H2,1-2H3. The van der Waals surface area contributed by atoms with Crippen LogP contribution >= 0.6 is 0 Å². The molecule has 72 valence electrons. The second-order valence-electron chi connectivity index (χ2n) is 2.99. The summed E-state index contributed by atoms with van der Waals surface area (Å²) in [5, 5.41) is 0. The molecule has 0 saturated heterocycles. The SMILES string of the molecule is CCc1cc(C(F)(F)F)ccc1C. The van der Waals surface area contributed by atoms with Crippen LogP contribution in [0, 0.1) is 6.92 Å². The summed E-state index contributed by atoms with van der Waals surface area (Å²) in [5.41, 5.74) is 1.11. The molecule has 13 heavy (non-hydrogen) atoms. The maximum atomic E-state index is 12.2. The highest BCUT2D eigenvalue weighted by Crippen LogP contribution is 2.30. The monoisotopic (exact) mass is 188 g/mol. The topological polar surface area (TPSA) is 0 Å². The third-order valence-electron chi connectivity index (χ3n) is 2.06. The van der Waals surface area contributed by atoms with Gasteiger partial charge in [-0.25, -0.2) is 0 Å². The van der Waals surface area contributed by atoms with Crippen molar-refractivity contribution in [2.45, 2.75) is 26.4 Å². The minimum absolute atomic E-state index is 0.560. The van der Waals surface area contributed by atoms with Crippen LogP contribution in [0.25, 0.3) is 0 Å². The average molecular weight is 188 g/mol. The fourth-order valence-corrected chi connectivity index (χ4v) is 1.23. The quantitative estimate of drug-likeness (QED) is 0.632. The Morgan fingerprint density at radius 3 is 2.31 bits per heavy atom. The molecule has 1 rings (SSSR count). The molecule has 1 aromatic carbocycles. The number of rotatable bonds is 1. The molecule has 0 N–H and O–H groups in total. The van der Waals surface area contributed by atoms with Crippen molar-refractivity contribution in [1.82, 2.24) is 0 Å². The Morgan fingerprint density at radius 1 is 1.23 bits per heavy atom. The van der Waals surface area contributed by atoms with Gasteiger partial charge in [0.25, 0.3) is 0 Å². The fraction of sp³-hybridized carbons (Fsp3) is 0.400. The first kappa shape index (κ1) is 10.1. The molecule has 0 aliphatic rings. The van der Waals surface area contributed by atoms with E-state index in [1.54, 1.807) is 0 Å². The van der Waals surface area contributed by atoms with Gasteiger partial charge in [-0.2, -0.15) is 13.2 Å². The van der Waals surface area contributed by atoms with E-state index in [-0.39, 0.29) is 0 Å². The molecule has 1 aromatic rings. The molecule has 0 fully saturated rings. The van der Waals surface area contributed by atoms with Gasteiger partial charge in [0.1, 0.15) is 0 Å². The number of aryl methyl sites for hydroxylation is 2. The Balaban J connectivity index is 3.14. The third kappa shape index (κ3) is 2.23. The van der Waals surface area contributed by atoms with Gasteiger partial charge in [0.2, 0.25) is 0 Å². The number of alkyl halides is 3. The average Bonchev–Trinajstić information content (AvgIpc) is 2.03. The summed E-state index contributed by atoms with van der Waals surface area (Å²) >= 11 is 0. The first-order chi connectivity index (χ1) is 5.95. The van der Waals surface area contributed by atoms with Crippen molar-refractivity contribution < 1.29 is 13.2 Å². The molecule has 0 saturated carbocycles. The van der Waals surface area contributed by atoms with E-state index in [9.17, 15) is 13.2 Å². The van der Waals surface area contributed by atoms with Crippen molar-refractivity contribution >= 4 is 0 Å². The zero-order valence-electron chi connectivity index (χ0n) is 7.57. The minimum Gasteiger partial charge on any atom is -0.166 e. The van der Waals surface area contributed by atoms with Crippen LogP contribution in [0.5, 0.6) is 0 Å². The Labute approximate surface area is 75.4 Å². The predicted molar refractivity (Wildman–Crippen MR) is 45.6 cm³/mol. The Kier molecular flexibility index (Phi) is 2.64. The van der Waals surface area contributed by atoms with Crippen LogP contribution in [0.3, 0.4) is 0 Å². The lowest BCUT2D eigenvalue weighted by Gasteiger charge is -2.09. The van der Waals surface area contributed by atoms with Gasteiger partial charge in [-0.3, -0.25) is 0 Å². The summed E-state index contributed by atoms with van der Waals surface area (Å²) in [6, 6.07) is 3.85. The van der Waals surface area contributed by atoms with Crippen molar-refractivity contribution in [1.29, 1.82) is 0 Å². The molecule has 0 atom stereocenters. The molecule has 0 aliphatic heterocycles. The Hall–Kier alpha value is -0.990. The lowest BCUT2D eigenvalue weighted by Crippen LogP contribution is -2.05. The lowest BCUT2D eigenvalue weighted by molar-refractivity contribution is -0.137. The van der Waals surface area contributed by atoms with E-state index in [2.05, 4.69) is 0 Å². The van der Waals surface area contributed by atoms with E-state index in [0.717, 1.165) is 17.2 Å². The summed E-state index contributed by atoms with van der Waals surface area (Å²) in [4.78, 5) is 0. The normalized spacial score (nSPS) is 11.8. The van der Waals surface area contributed by atoms with Crippen molar-refractivity contribution in [2.24, 2.45) is 0 Å². The second-order valence-corrected chi connectivity index (χ2v) is 2.99. The maximum Gasteiger partial charge on any atom is 0.416 e. The third-order valence-corrected chi connectivity index (χ3v) is 2.06. The van der Waals surface area contributed by atoms with Gasteiger partial charge in [0.15, 0.2) is 0 Å². The molecule has 0 radical (unpaired) electrons. The van der Waals surface area contributed by atoms with E-state index in [4.69, 9.17) is 0 Å². The van der Waals surface area contributed by atoms with Gasteiger partial charge in [-0.05, 0) is 36.6 Å². The van der Waals surface area contributed by atoms with Crippen LogP contribution in [-0.2, 0) is 12.6 Å². The molecular weight excluding hydrogens is 177 g/mol. The molecule has 0 bridgehead atoms. The highest BCUT2D eigenvalue weighted by atomic mass is 19.4. The van der Waals surface area contributed by atoms with E-state index in [1.807, 2.05) is 13.8 Å². The van der Waals surface area contributed by atoms with Crippen molar-refractivity contribution in [3.63, 3.8) is 0 Å². The maximum absolute atomic E-state index is 12.2. The number of hydrogen-bond acceptors (Lipinski definition) is 0. The largest absolute Gasteiger partial charge is 0.416 e. The smallest absolute Gasteiger partial charge is 0.166 e. The second kappa shape index (κ2) is 3.40. The van der Waals surface area contributed by atoms with Crippen LogP contribution in [0.2, 0.25) is 0 Å². The highest BCUT2D eigenvalue weighted by Gasteiger charge is 2.30. The van der Waals surface area contributed by atoms with Crippen LogP contribution in [0.15, 0.2) is 18.2 Å². The molecule has 0 nitrogen and oxygen atoms in total. The molecule has 0 unspecified atom stereocenters. The zero-order valence-corrected chi connectivity index (χ0v) is 7.57. The summed E-state index contributed by atoms with van der Waals surface area (Å²) in [5.74, 6) is 0. The van der Waals surface area contributed by atoms with Crippen LogP contribution < -0.4 is 0 Å². The van der Waals surface area contributed by atoms with Crippen molar-refractivity contribution in [3.8, 4) is 0 Å². The Morgan fingerprint density at radius 2 is 1.85 bits per heavy atom. The molecule has 0 spiro atoms. The van der Waals surface area contributed by atoms with Gasteiger partial charge < -0.3 is 0 Å². The number of benzene rings is 1. The molecule has 0 aliphatic carbocycles. The first-order valence-corrected chi connectivity index (χ1v) is 4.12.